The Kier molecular flexibility index (Phi) is 7.33. The van der Waals surface area contributed by atoms with Crippen molar-refractivity contribution in [3.8, 4) is 0 Å². The van der Waals surface area contributed by atoms with Crippen LogP contribution in [-0.4, -0.2) is 37.1 Å². The fourth-order valence-corrected chi connectivity index (χ4v) is 5.97. The molecule has 1 unspecified atom stereocenters. The summed E-state index contributed by atoms with van der Waals surface area (Å²) in [5.41, 5.74) is 2.27. The number of hydrogen-bond acceptors (Lipinski definition) is 4. The van der Waals surface area contributed by atoms with E-state index >= 15 is 0 Å². The number of sulfonamides is 1. The predicted molar refractivity (Wildman–Crippen MR) is 137 cm³/mol. The highest BCUT2D eigenvalue weighted by atomic mass is 32.2. The molecule has 8 heteroatoms. The maximum atomic E-state index is 13.3. The minimum atomic E-state index is -3.72. The summed E-state index contributed by atoms with van der Waals surface area (Å²) in [6, 6.07) is 20.2. The Morgan fingerprint density at radius 1 is 0.857 bits per heavy atom. The molecule has 3 aromatic rings. The summed E-state index contributed by atoms with van der Waals surface area (Å²) >= 11 is 0. The van der Waals surface area contributed by atoms with Crippen molar-refractivity contribution in [1.82, 2.24) is 4.31 Å². The van der Waals surface area contributed by atoms with Crippen LogP contribution in [0.2, 0.25) is 0 Å². The smallest absolute Gasteiger partial charge is 0.256 e. The lowest BCUT2D eigenvalue weighted by Gasteiger charge is -2.32. The average molecular weight is 492 g/mol. The molecule has 0 radical (unpaired) electrons. The third kappa shape index (κ3) is 5.44. The molecular weight excluding hydrogens is 462 g/mol. The molecule has 1 fully saturated rings. The van der Waals surface area contributed by atoms with Crippen LogP contribution in [0.15, 0.2) is 77.7 Å². The lowest BCUT2D eigenvalue weighted by Crippen LogP contribution is -2.42. The van der Waals surface area contributed by atoms with Gasteiger partial charge in [0.25, 0.3) is 11.8 Å². The third-order valence-electron chi connectivity index (χ3n) is 6.26. The fraction of sp³-hybridized carbons (Fsp3) is 0.259. The van der Waals surface area contributed by atoms with E-state index in [0.717, 1.165) is 19.3 Å². The average Bonchev–Trinajstić information content (AvgIpc) is 2.86. The number of nitrogens with one attached hydrogen (secondary N) is 2. The molecule has 7 nitrogen and oxygen atoms in total. The van der Waals surface area contributed by atoms with Gasteiger partial charge < -0.3 is 10.6 Å². The van der Waals surface area contributed by atoms with Gasteiger partial charge in [-0.15, -0.1) is 0 Å². The van der Waals surface area contributed by atoms with Crippen LogP contribution in [-0.2, 0) is 10.0 Å². The number of hydrogen-bond donors (Lipinski definition) is 2. The van der Waals surface area contributed by atoms with Gasteiger partial charge in [-0.25, -0.2) is 8.42 Å². The SMILES string of the molecule is Cc1ccc(S(=O)(=O)N2CCCCC2C)cc1C(=O)Nc1ccccc1NC(=O)c1ccccc1. The van der Waals surface area contributed by atoms with Crippen molar-refractivity contribution in [2.45, 2.75) is 44.0 Å². The number of aryl methyl sites for hydroxylation is 1. The Balaban J connectivity index is 1.58. The van der Waals surface area contributed by atoms with E-state index in [1.807, 2.05) is 13.0 Å². The van der Waals surface area contributed by atoms with E-state index in [0.29, 0.717) is 29.0 Å². The first-order chi connectivity index (χ1) is 16.8. The van der Waals surface area contributed by atoms with Gasteiger partial charge in [0.1, 0.15) is 0 Å². The third-order valence-corrected chi connectivity index (χ3v) is 8.27. The molecule has 4 rings (SSSR count). The van der Waals surface area contributed by atoms with Gasteiger partial charge in [-0.05, 0) is 68.7 Å². The van der Waals surface area contributed by atoms with E-state index < -0.39 is 15.9 Å². The number of amides is 2. The number of piperidine rings is 1. The van der Waals surface area contributed by atoms with E-state index in [-0.39, 0.29) is 22.4 Å². The van der Waals surface area contributed by atoms with Gasteiger partial charge in [-0.3, -0.25) is 9.59 Å². The number of carbonyl (C=O) groups is 2. The molecule has 0 aliphatic carbocycles. The Hall–Kier alpha value is -3.49. The minimum absolute atomic E-state index is 0.0765. The Morgan fingerprint density at radius 3 is 2.14 bits per heavy atom. The van der Waals surface area contributed by atoms with E-state index in [9.17, 15) is 18.0 Å². The summed E-state index contributed by atoms with van der Waals surface area (Å²) in [7, 11) is -3.72. The van der Waals surface area contributed by atoms with E-state index in [4.69, 9.17) is 0 Å². The molecule has 2 N–H and O–H groups in total. The molecular formula is C27H29N3O4S. The van der Waals surface area contributed by atoms with Crippen molar-refractivity contribution in [3.63, 3.8) is 0 Å². The van der Waals surface area contributed by atoms with Crippen LogP contribution in [0, 0.1) is 6.92 Å². The number of rotatable bonds is 6. The monoisotopic (exact) mass is 491 g/mol. The van der Waals surface area contributed by atoms with Crippen LogP contribution in [0.25, 0.3) is 0 Å². The quantitative estimate of drug-likeness (QED) is 0.504. The molecule has 3 aromatic carbocycles. The molecule has 1 atom stereocenters. The maximum Gasteiger partial charge on any atom is 0.256 e. The molecule has 0 bridgehead atoms. The second-order valence-electron chi connectivity index (χ2n) is 8.76. The normalized spacial score (nSPS) is 16.5. The van der Waals surface area contributed by atoms with Crippen LogP contribution in [0.3, 0.4) is 0 Å². The predicted octanol–water partition coefficient (Wildman–Crippen LogP) is 5.06. The summed E-state index contributed by atoms with van der Waals surface area (Å²) in [5.74, 6) is -0.750. The first-order valence-electron chi connectivity index (χ1n) is 11.7. The summed E-state index contributed by atoms with van der Waals surface area (Å²) in [6.07, 6.45) is 2.66. The topological polar surface area (TPSA) is 95.6 Å². The molecule has 182 valence electrons. The summed E-state index contributed by atoms with van der Waals surface area (Å²) in [4.78, 5) is 25.9. The highest BCUT2D eigenvalue weighted by Gasteiger charge is 2.31. The van der Waals surface area contributed by atoms with Crippen molar-refractivity contribution in [2.24, 2.45) is 0 Å². The Bertz CT molecular complexity index is 1340. The molecule has 2 amide bonds. The minimum Gasteiger partial charge on any atom is -0.320 e. The molecule has 1 heterocycles. The summed E-state index contributed by atoms with van der Waals surface area (Å²) < 4.78 is 28.1. The lowest BCUT2D eigenvalue weighted by atomic mass is 10.1. The van der Waals surface area contributed by atoms with Crippen molar-refractivity contribution in [2.75, 3.05) is 17.2 Å². The van der Waals surface area contributed by atoms with Gasteiger partial charge in [0.2, 0.25) is 10.0 Å². The Morgan fingerprint density at radius 2 is 1.49 bits per heavy atom. The van der Waals surface area contributed by atoms with Crippen LogP contribution >= 0.6 is 0 Å². The first kappa shape index (κ1) is 24.6. The summed E-state index contributed by atoms with van der Waals surface area (Å²) in [5, 5.41) is 5.65. The van der Waals surface area contributed by atoms with Gasteiger partial charge >= 0.3 is 0 Å². The summed E-state index contributed by atoms with van der Waals surface area (Å²) in [6.45, 7) is 4.16. The van der Waals surface area contributed by atoms with Gasteiger partial charge in [0, 0.05) is 23.7 Å². The van der Waals surface area contributed by atoms with Crippen LogP contribution < -0.4 is 10.6 Å². The molecule has 1 aliphatic heterocycles. The van der Waals surface area contributed by atoms with E-state index in [1.54, 1.807) is 67.6 Å². The number of carbonyl (C=O) groups excluding carboxylic acids is 2. The van der Waals surface area contributed by atoms with Crippen LogP contribution in [0.1, 0.15) is 52.5 Å². The zero-order chi connectivity index (χ0) is 25.0. The zero-order valence-corrected chi connectivity index (χ0v) is 20.6. The van der Waals surface area contributed by atoms with Crippen LogP contribution in [0.4, 0.5) is 11.4 Å². The van der Waals surface area contributed by atoms with E-state index in [1.165, 1.54) is 10.4 Å². The standard InChI is InChI=1S/C27H29N3O4S/c1-19-15-16-22(35(33,34)30-17-9-8-10-20(30)2)18-23(19)27(32)29-25-14-7-6-13-24(25)28-26(31)21-11-4-3-5-12-21/h3-7,11-16,18,20H,8-10,17H2,1-2H3,(H,28,31)(H,29,32). The van der Waals surface area contributed by atoms with Gasteiger partial charge in [0.15, 0.2) is 0 Å². The maximum absolute atomic E-state index is 13.3. The second-order valence-corrected chi connectivity index (χ2v) is 10.6. The highest BCUT2D eigenvalue weighted by molar-refractivity contribution is 7.89. The Labute approximate surface area is 206 Å². The van der Waals surface area contributed by atoms with Crippen molar-refractivity contribution in [3.05, 3.63) is 89.5 Å². The number of anilines is 2. The first-order valence-corrected chi connectivity index (χ1v) is 13.1. The van der Waals surface area contributed by atoms with Crippen LogP contribution in [0.5, 0.6) is 0 Å². The molecule has 0 saturated carbocycles. The molecule has 1 aliphatic rings. The van der Waals surface area contributed by atoms with Crippen molar-refractivity contribution in [1.29, 1.82) is 0 Å². The number of para-hydroxylation sites is 2. The molecule has 1 saturated heterocycles. The lowest BCUT2D eigenvalue weighted by molar-refractivity contribution is 0.101. The number of benzene rings is 3. The molecule has 0 aromatic heterocycles. The van der Waals surface area contributed by atoms with Crippen molar-refractivity contribution < 1.29 is 18.0 Å². The fourth-order valence-electron chi connectivity index (χ4n) is 4.25. The van der Waals surface area contributed by atoms with Crippen molar-refractivity contribution >= 4 is 33.2 Å². The molecule has 35 heavy (non-hydrogen) atoms. The largest absolute Gasteiger partial charge is 0.320 e. The zero-order valence-electron chi connectivity index (χ0n) is 19.8. The van der Waals surface area contributed by atoms with Gasteiger partial charge in [0.05, 0.1) is 16.3 Å². The van der Waals surface area contributed by atoms with Gasteiger partial charge in [-0.1, -0.05) is 42.8 Å². The molecule has 0 spiro atoms. The van der Waals surface area contributed by atoms with E-state index in [2.05, 4.69) is 10.6 Å². The van der Waals surface area contributed by atoms with Gasteiger partial charge in [-0.2, -0.15) is 4.31 Å². The second kappa shape index (κ2) is 10.4. The number of nitrogens with zero attached hydrogens (tertiary/aromatic N) is 1. The highest BCUT2D eigenvalue weighted by Crippen LogP contribution is 2.28.